The van der Waals surface area contributed by atoms with Crippen LogP contribution in [0.4, 0.5) is 4.39 Å². The van der Waals surface area contributed by atoms with Crippen molar-refractivity contribution in [3.63, 3.8) is 0 Å². The fourth-order valence-corrected chi connectivity index (χ4v) is 2.33. The van der Waals surface area contributed by atoms with Crippen LogP contribution >= 0.6 is 11.6 Å². The van der Waals surface area contributed by atoms with E-state index in [1.807, 2.05) is 0 Å². The summed E-state index contributed by atoms with van der Waals surface area (Å²) in [5, 5.41) is 1.68. The van der Waals surface area contributed by atoms with Crippen LogP contribution in [0, 0.1) is 5.82 Å². The summed E-state index contributed by atoms with van der Waals surface area (Å²) in [6.07, 6.45) is 3.30. The van der Waals surface area contributed by atoms with Crippen LogP contribution in [0.1, 0.15) is 10.4 Å². The predicted octanol–water partition coefficient (Wildman–Crippen LogP) is 3.79. The number of hydrogen-bond acceptors (Lipinski definition) is 2. The van der Waals surface area contributed by atoms with Gasteiger partial charge in [-0.2, -0.15) is 0 Å². The topological polar surface area (TPSA) is 56.0 Å². The Morgan fingerprint density at radius 2 is 1.95 bits per heavy atom. The quantitative estimate of drug-likeness (QED) is 0.782. The fraction of sp³-hybridized carbons (Fsp3) is 0. The van der Waals surface area contributed by atoms with E-state index in [1.54, 1.807) is 36.7 Å². The van der Waals surface area contributed by atoms with Crippen LogP contribution in [0.25, 0.3) is 21.9 Å². The molecule has 0 bridgehead atoms. The zero-order valence-electron chi connectivity index (χ0n) is 10.8. The first kappa shape index (κ1) is 13.5. The Morgan fingerprint density at radius 1 is 1.14 bits per heavy atom. The molecule has 2 aromatic carbocycles. The average molecular weight is 301 g/mol. The summed E-state index contributed by atoms with van der Waals surface area (Å²) in [4.78, 5) is 15.5. The molecular formula is C16H10ClFN2O. The lowest BCUT2D eigenvalue weighted by molar-refractivity contribution is 0.100. The largest absolute Gasteiger partial charge is 0.366 e. The highest BCUT2D eigenvalue weighted by molar-refractivity contribution is 6.30. The van der Waals surface area contributed by atoms with E-state index in [-0.39, 0.29) is 5.02 Å². The van der Waals surface area contributed by atoms with E-state index >= 15 is 0 Å². The first-order valence-electron chi connectivity index (χ1n) is 6.19. The molecule has 3 aromatic rings. The number of amides is 1. The number of carbonyl (C=O) groups is 1. The summed E-state index contributed by atoms with van der Waals surface area (Å²) in [5.74, 6) is -1.01. The highest BCUT2D eigenvalue weighted by Crippen LogP contribution is 2.30. The number of halogens is 2. The summed E-state index contributed by atoms with van der Waals surface area (Å²) in [7, 11) is 0. The molecule has 5 heteroatoms. The second-order valence-electron chi connectivity index (χ2n) is 4.62. The number of fused-ring (bicyclic) bond motifs is 1. The number of hydrogen-bond donors (Lipinski definition) is 1. The predicted molar refractivity (Wildman–Crippen MR) is 80.7 cm³/mol. The van der Waals surface area contributed by atoms with Gasteiger partial charge in [0, 0.05) is 28.9 Å². The molecule has 0 fully saturated rings. The normalized spacial score (nSPS) is 10.8. The van der Waals surface area contributed by atoms with Crippen molar-refractivity contribution in [1.29, 1.82) is 0 Å². The van der Waals surface area contributed by atoms with Crippen molar-refractivity contribution < 1.29 is 9.18 Å². The van der Waals surface area contributed by atoms with Crippen molar-refractivity contribution in [3.8, 4) is 11.1 Å². The van der Waals surface area contributed by atoms with Gasteiger partial charge in [0.05, 0.1) is 5.02 Å². The molecule has 0 saturated heterocycles. The van der Waals surface area contributed by atoms with Gasteiger partial charge in [0.1, 0.15) is 5.82 Å². The molecule has 1 amide bonds. The van der Waals surface area contributed by atoms with Crippen LogP contribution in [0.3, 0.4) is 0 Å². The fourth-order valence-electron chi connectivity index (χ4n) is 2.21. The third-order valence-electron chi connectivity index (χ3n) is 3.28. The van der Waals surface area contributed by atoms with Gasteiger partial charge in [-0.05, 0) is 35.2 Å². The summed E-state index contributed by atoms with van der Waals surface area (Å²) in [5.41, 5.74) is 7.05. The second-order valence-corrected chi connectivity index (χ2v) is 5.02. The molecule has 0 atom stereocenters. The molecule has 1 aromatic heterocycles. The zero-order valence-corrected chi connectivity index (χ0v) is 11.6. The lowest BCUT2D eigenvalue weighted by Gasteiger charge is -2.08. The molecule has 21 heavy (non-hydrogen) atoms. The van der Waals surface area contributed by atoms with Gasteiger partial charge in [-0.15, -0.1) is 0 Å². The smallest absolute Gasteiger partial charge is 0.248 e. The Hall–Kier alpha value is -2.46. The highest BCUT2D eigenvalue weighted by Gasteiger charge is 2.09. The van der Waals surface area contributed by atoms with Crippen molar-refractivity contribution in [3.05, 3.63) is 65.2 Å². The minimum Gasteiger partial charge on any atom is -0.366 e. The number of aromatic nitrogens is 1. The van der Waals surface area contributed by atoms with E-state index < -0.39 is 11.7 Å². The van der Waals surface area contributed by atoms with Crippen LogP contribution in [0.2, 0.25) is 5.02 Å². The Bertz CT molecular complexity index is 864. The highest BCUT2D eigenvalue weighted by atomic mass is 35.5. The van der Waals surface area contributed by atoms with Crippen molar-refractivity contribution in [2.75, 3.05) is 0 Å². The van der Waals surface area contributed by atoms with E-state index in [9.17, 15) is 9.18 Å². The maximum Gasteiger partial charge on any atom is 0.248 e. The average Bonchev–Trinajstić information content (AvgIpc) is 2.49. The summed E-state index contributed by atoms with van der Waals surface area (Å²) >= 11 is 5.70. The Labute approximate surface area is 125 Å². The number of nitrogens with zero attached hydrogens (tertiary/aromatic N) is 1. The molecule has 1 heterocycles. The second kappa shape index (κ2) is 5.14. The molecule has 0 saturated carbocycles. The van der Waals surface area contributed by atoms with Gasteiger partial charge in [-0.1, -0.05) is 23.7 Å². The van der Waals surface area contributed by atoms with Crippen molar-refractivity contribution in [2.45, 2.75) is 0 Å². The van der Waals surface area contributed by atoms with Crippen LogP contribution in [0.15, 0.2) is 48.8 Å². The summed E-state index contributed by atoms with van der Waals surface area (Å²) in [6.45, 7) is 0. The third-order valence-corrected chi connectivity index (χ3v) is 3.58. The van der Waals surface area contributed by atoms with E-state index in [1.165, 1.54) is 12.1 Å². The number of primary amides is 1. The number of benzene rings is 2. The Kier molecular flexibility index (Phi) is 3.31. The molecule has 0 unspecified atom stereocenters. The first-order valence-corrected chi connectivity index (χ1v) is 6.57. The van der Waals surface area contributed by atoms with Gasteiger partial charge in [0.15, 0.2) is 0 Å². The molecule has 2 N–H and O–H groups in total. The lowest BCUT2D eigenvalue weighted by atomic mass is 9.99. The van der Waals surface area contributed by atoms with Crippen LogP contribution in [-0.2, 0) is 0 Å². The molecule has 0 aliphatic carbocycles. The molecule has 0 spiro atoms. The maximum atomic E-state index is 13.6. The van der Waals surface area contributed by atoms with Crippen LogP contribution < -0.4 is 5.73 Å². The van der Waals surface area contributed by atoms with E-state index in [0.29, 0.717) is 16.7 Å². The summed E-state index contributed by atoms with van der Waals surface area (Å²) in [6, 6.07) is 9.62. The van der Waals surface area contributed by atoms with Gasteiger partial charge < -0.3 is 5.73 Å². The Balaban J connectivity index is 2.28. The maximum absolute atomic E-state index is 13.6. The number of carbonyl (C=O) groups excluding carboxylic acids is 1. The molecule has 0 radical (unpaired) electrons. The molecule has 3 rings (SSSR count). The van der Waals surface area contributed by atoms with Crippen molar-refractivity contribution in [1.82, 2.24) is 4.98 Å². The van der Waals surface area contributed by atoms with Gasteiger partial charge in [0.2, 0.25) is 5.91 Å². The SMILES string of the molecule is NC(=O)c1ccc2cncc(-c3ccc(Cl)c(F)c3)c2c1. The molecule has 104 valence electrons. The molecule has 0 aliphatic heterocycles. The van der Waals surface area contributed by atoms with E-state index in [2.05, 4.69) is 4.98 Å². The number of pyridine rings is 1. The molecule has 3 nitrogen and oxygen atoms in total. The number of rotatable bonds is 2. The van der Waals surface area contributed by atoms with E-state index in [4.69, 9.17) is 17.3 Å². The van der Waals surface area contributed by atoms with Gasteiger partial charge in [-0.25, -0.2) is 4.39 Å². The lowest BCUT2D eigenvalue weighted by Crippen LogP contribution is -2.10. The van der Waals surface area contributed by atoms with Crippen LogP contribution in [-0.4, -0.2) is 10.9 Å². The third kappa shape index (κ3) is 2.45. The summed E-state index contributed by atoms with van der Waals surface area (Å²) < 4.78 is 13.6. The number of nitrogens with two attached hydrogens (primary N) is 1. The van der Waals surface area contributed by atoms with Gasteiger partial charge >= 0.3 is 0 Å². The monoisotopic (exact) mass is 300 g/mol. The van der Waals surface area contributed by atoms with Gasteiger partial charge in [0.25, 0.3) is 0 Å². The van der Waals surface area contributed by atoms with Crippen LogP contribution in [0.5, 0.6) is 0 Å². The van der Waals surface area contributed by atoms with Gasteiger partial charge in [-0.3, -0.25) is 9.78 Å². The molecular weight excluding hydrogens is 291 g/mol. The van der Waals surface area contributed by atoms with E-state index in [0.717, 1.165) is 10.8 Å². The van der Waals surface area contributed by atoms with Crippen molar-refractivity contribution >= 4 is 28.3 Å². The molecule has 0 aliphatic rings. The van der Waals surface area contributed by atoms with Crippen molar-refractivity contribution in [2.24, 2.45) is 5.73 Å². The minimum atomic E-state index is -0.512. The first-order chi connectivity index (χ1) is 10.1. The Morgan fingerprint density at radius 3 is 2.67 bits per heavy atom. The minimum absolute atomic E-state index is 0.0600. The standard InChI is InChI=1S/C16H10ClFN2O/c17-14-4-3-9(6-15(14)18)13-8-20-7-11-2-1-10(16(19)21)5-12(11)13/h1-8H,(H2,19,21). The zero-order chi connectivity index (χ0) is 15.0.